The average Bonchev–Trinajstić information content (AvgIpc) is 1.44. The van der Waals surface area contributed by atoms with Gasteiger partial charge in [-0.05, 0) is 0 Å². The van der Waals surface area contributed by atoms with Crippen LogP contribution in [0.25, 0.3) is 0 Å². The van der Waals surface area contributed by atoms with Gasteiger partial charge in [0.2, 0.25) is 0 Å². The predicted octanol–water partition coefficient (Wildman–Crippen LogP) is 3.79. The normalized spacial score (nSPS) is 15.2. The van der Waals surface area contributed by atoms with Gasteiger partial charge in [-0.2, -0.15) is 0 Å². The fourth-order valence-corrected chi connectivity index (χ4v) is 136. The zero-order chi connectivity index (χ0) is 11.1. The molecule has 13 heavy (non-hydrogen) atoms. The standard InChI is InChI=1S/9CH3.N.3Sn/h9*1H3;;;;. The minimum atomic E-state index is -1.78. The van der Waals surface area contributed by atoms with Crippen molar-refractivity contribution in [1.29, 1.82) is 0 Å². The van der Waals surface area contributed by atoms with Gasteiger partial charge >= 0.3 is 100.0 Å². The third-order valence-corrected chi connectivity index (χ3v) is 90.6. The Hall–Kier alpha value is 2.36. The van der Waals surface area contributed by atoms with E-state index in [1.54, 1.807) is 0 Å². The maximum absolute atomic E-state index is 3.19. The molecule has 0 aromatic rings. The summed E-state index contributed by atoms with van der Waals surface area (Å²) in [5, 5.41) is 0. The molecule has 0 N–H and O–H groups in total. The van der Waals surface area contributed by atoms with Crippen LogP contribution in [-0.4, -0.2) is 55.5 Å². The zero-order valence-corrected chi connectivity index (χ0v) is 19.5. The number of hydrogen-bond acceptors (Lipinski definition) is 1. The Morgan fingerprint density at radius 3 is 0.615 bits per heavy atom. The first-order valence-electron chi connectivity index (χ1n) is 5.17. The van der Waals surface area contributed by atoms with Gasteiger partial charge in [-0.25, -0.2) is 0 Å². The van der Waals surface area contributed by atoms with Crippen molar-refractivity contribution in [3.63, 3.8) is 0 Å². The molecule has 4 heteroatoms. The Bertz CT molecular complexity index is 137. The van der Waals surface area contributed by atoms with Gasteiger partial charge in [0.1, 0.15) is 0 Å². The molecular formula is C9H27NSn3. The summed E-state index contributed by atoms with van der Waals surface area (Å²) in [6.45, 7) is 0. The van der Waals surface area contributed by atoms with Crippen LogP contribution < -0.4 is 0 Å². The second-order valence-corrected chi connectivity index (χ2v) is 58.8. The van der Waals surface area contributed by atoms with Crippen LogP contribution in [0.2, 0.25) is 44.5 Å². The van der Waals surface area contributed by atoms with Crippen molar-refractivity contribution in [3.8, 4) is 0 Å². The molecule has 0 saturated carbocycles. The maximum atomic E-state index is 3.19. The van der Waals surface area contributed by atoms with Crippen molar-refractivity contribution in [2.75, 3.05) is 0 Å². The van der Waals surface area contributed by atoms with Crippen molar-refractivity contribution >= 4 is 56.0 Å². The van der Waals surface area contributed by atoms with Crippen molar-refractivity contribution in [1.82, 2.24) is -0.435 Å². The van der Waals surface area contributed by atoms with Crippen molar-refractivity contribution < 1.29 is 0 Å². The van der Waals surface area contributed by atoms with Crippen molar-refractivity contribution in [2.24, 2.45) is 0 Å². The summed E-state index contributed by atoms with van der Waals surface area (Å²) in [5.74, 6) is 0. The summed E-state index contributed by atoms with van der Waals surface area (Å²) in [7, 11) is 0. The fraction of sp³-hybridized carbons (Fsp3) is 1.00. The van der Waals surface area contributed by atoms with Crippen LogP contribution in [0.15, 0.2) is 0 Å². The molecule has 0 amide bonds. The summed E-state index contributed by atoms with van der Waals surface area (Å²) < 4.78 is 3.19. The van der Waals surface area contributed by atoms with E-state index in [9.17, 15) is 0 Å². The van der Waals surface area contributed by atoms with Gasteiger partial charge in [-0.3, -0.25) is 0 Å². The number of hydrogen-bond donors (Lipinski definition) is 0. The van der Waals surface area contributed by atoms with Gasteiger partial charge in [0.25, 0.3) is 0 Å². The molecule has 0 rings (SSSR count). The summed E-state index contributed by atoms with van der Waals surface area (Å²) in [5.41, 5.74) is 0. The molecule has 0 atom stereocenters. The van der Waals surface area contributed by atoms with E-state index in [1.807, 2.05) is 0 Å². The second kappa shape index (κ2) is 4.69. The Morgan fingerprint density at radius 2 is 0.615 bits per heavy atom. The fourth-order valence-electron chi connectivity index (χ4n) is 3.02. The number of rotatable bonds is 3. The average molecular weight is 505 g/mol. The van der Waals surface area contributed by atoms with Crippen LogP contribution in [0.3, 0.4) is 0 Å². The number of nitrogens with zero attached hydrogens (tertiary/aromatic N) is 1. The van der Waals surface area contributed by atoms with E-state index in [0.29, 0.717) is 0 Å². The van der Waals surface area contributed by atoms with Gasteiger partial charge in [0.15, 0.2) is 0 Å². The Balaban J connectivity index is 5.02. The van der Waals surface area contributed by atoms with Crippen LogP contribution in [-0.2, 0) is 0 Å². The van der Waals surface area contributed by atoms with Gasteiger partial charge in [0.05, 0.1) is 0 Å². The monoisotopic (exact) mass is 509 g/mol. The van der Waals surface area contributed by atoms with Gasteiger partial charge in [-0.15, -0.1) is 0 Å². The SMILES string of the molecule is [CH3][Sn]([CH3])([CH3])[N]([Sn]([CH3])([CH3])[CH3])[Sn]([CH3])([CH3])[CH3]. The molecular weight excluding hydrogens is 478 g/mol. The molecule has 0 aromatic carbocycles. The van der Waals surface area contributed by atoms with E-state index < -0.39 is 56.0 Å². The molecule has 80 valence electrons. The van der Waals surface area contributed by atoms with Crippen LogP contribution in [0.1, 0.15) is 0 Å². The van der Waals surface area contributed by atoms with Gasteiger partial charge < -0.3 is 0 Å². The van der Waals surface area contributed by atoms with E-state index in [4.69, 9.17) is 0 Å². The molecule has 0 spiro atoms. The third-order valence-electron chi connectivity index (χ3n) is 2.01. The van der Waals surface area contributed by atoms with Gasteiger partial charge in [0, 0.05) is 0 Å². The quantitative estimate of drug-likeness (QED) is 0.528. The molecule has 0 saturated heterocycles. The molecule has 0 unspecified atom stereocenters. The first kappa shape index (κ1) is 15.4. The molecule has 0 radical (unpaired) electrons. The predicted molar refractivity (Wildman–Crippen MR) is 71.9 cm³/mol. The molecule has 0 aliphatic rings. The van der Waals surface area contributed by atoms with E-state index in [-0.39, 0.29) is 0 Å². The molecule has 0 aliphatic carbocycles. The van der Waals surface area contributed by atoms with E-state index in [2.05, 4.69) is 44.0 Å². The molecule has 0 fully saturated rings. The van der Waals surface area contributed by atoms with E-state index in [1.165, 1.54) is 0 Å². The van der Waals surface area contributed by atoms with Crippen molar-refractivity contribution in [2.45, 2.75) is 44.5 Å². The third kappa shape index (κ3) is 5.29. The first-order chi connectivity index (χ1) is 5.37. The topological polar surface area (TPSA) is 3.24 Å². The first-order valence-corrected chi connectivity index (χ1v) is 34.7. The molecule has 0 aliphatic heterocycles. The zero-order valence-electron chi connectivity index (χ0n) is 10.9. The van der Waals surface area contributed by atoms with E-state index in [0.717, 1.165) is 0 Å². The van der Waals surface area contributed by atoms with E-state index >= 15 is 0 Å². The Morgan fingerprint density at radius 1 is 0.462 bits per heavy atom. The summed E-state index contributed by atoms with van der Waals surface area (Å²) in [6.07, 6.45) is 0. The summed E-state index contributed by atoms with van der Waals surface area (Å²) >= 11 is -5.33. The Kier molecular flexibility index (Phi) is 5.55. The molecule has 0 aromatic heterocycles. The summed E-state index contributed by atoms with van der Waals surface area (Å²) in [4.78, 5) is 23.4. The van der Waals surface area contributed by atoms with Crippen LogP contribution in [0, 0.1) is 0 Å². The van der Waals surface area contributed by atoms with Gasteiger partial charge in [-0.1, -0.05) is 0 Å². The molecule has 1 nitrogen and oxygen atoms in total. The second-order valence-electron chi connectivity index (χ2n) is 6.85. The summed E-state index contributed by atoms with van der Waals surface area (Å²) in [6, 6.07) is 0. The molecule has 0 bridgehead atoms. The van der Waals surface area contributed by atoms with Crippen LogP contribution in [0.5, 0.6) is 0 Å². The van der Waals surface area contributed by atoms with Crippen molar-refractivity contribution in [3.05, 3.63) is 0 Å². The Labute approximate surface area is 98.3 Å². The minimum absolute atomic E-state index is 1.78. The molecule has 0 heterocycles. The van der Waals surface area contributed by atoms with Crippen LogP contribution in [0.4, 0.5) is 0 Å². The van der Waals surface area contributed by atoms with Crippen LogP contribution >= 0.6 is 0 Å².